The quantitative estimate of drug-likeness (QED) is 0.751. The van der Waals surface area contributed by atoms with Crippen LogP contribution in [0.5, 0.6) is 5.75 Å². The summed E-state index contributed by atoms with van der Waals surface area (Å²) in [6, 6.07) is 14.4. The van der Waals surface area contributed by atoms with E-state index in [2.05, 4.69) is 23.1 Å². The maximum absolute atomic E-state index is 10.5. The van der Waals surface area contributed by atoms with Crippen LogP contribution in [0.3, 0.4) is 0 Å². The van der Waals surface area contributed by atoms with Gasteiger partial charge in [0.25, 0.3) is 6.47 Å². The number of ether oxygens (including phenoxy) is 2. The number of rotatable bonds is 6. The molecular weight excluding hydrogens is 322 g/mol. The topological polar surface area (TPSA) is 38.8 Å². The van der Waals surface area contributed by atoms with E-state index in [-0.39, 0.29) is 0 Å². The molecule has 0 aromatic heterocycles. The number of methoxy groups -OCH3 is 1. The fraction of sp³-hybridized carbons (Fsp3) is 0.316. The molecule has 0 unspecified atom stereocenters. The van der Waals surface area contributed by atoms with Crippen LogP contribution in [0.1, 0.15) is 16.7 Å². The Morgan fingerprint density at radius 2 is 2.04 bits per heavy atom. The van der Waals surface area contributed by atoms with E-state index in [1.807, 2.05) is 36.0 Å². The minimum Gasteiger partial charge on any atom is -0.497 e. The van der Waals surface area contributed by atoms with Crippen molar-refractivity contribution in [2.45, 2.75) is 24.6 Å². The average Bonchev–Trinajstić information content (AvgIpc) is 2.81. The molecule has 4 nitrogen and oxygen atoms in total. The lowest BCUT2D eigenvalue weighted by atomic mass is 10.1. The molecule has 0 amide bonds. The summed E-state index contributed by atoms with van der Waals surface area (Å²) >= 11 is 1.89. The van der Waals surface area contributed by atoms with E-state index in [1.54, 1.807) is 7.11 Å². The minimum atomic E-state index is 0.326. The second kappa shape index (κ2) is 8.22. The first-order valence-electron chi connectivity index (χ1n) is 7.94. The van der Waals surface area contributed by atoms with Gasteiger partial charge < -0.3 is 9.47 Å². The number of carbonyl (C=O) groups excluding carboxylic acids is 1. The lowest BCUT2D eigenvalue weighted by Gasteiger charge is -2.22. The van der Waals surface area contributed by atoms with Gasteiger partial charge in [0.15, 0.2) is 0 Å². The fourth-order valence-corrected chi connectivity index (χ4v) is 3.95. The first kappa shape index (κ1) is 16.9. The number of thioether (sulfide) groups is 1. The van der Waals surface area contributed by atoms with Crippen molar-refractivity contribution in [2.75, 3.05) is 19.4 Å². The molecule has 0 atom stereocenters. The molecule has 0 saturated heterocycles. The number of hydrogen-bond donors (Lipinski definition) is 0. The number of hydrogen-bond acceptors (Lipinski definition) is 5. The Morgan fingerprint density at radius 1 is 1.21 bits per heavy atom. The molecule has 1 aliphatic heterocycles. The highest BCUT2D eigenvalue weighted by Crippen LogP contribution is 2.31. The van der Waals surface area contributed by atoms with Gasteiger partial charge in [0.05, 0.1) is 7.11 Å². The molecule has 0 fully saturated rings. The molecule has 0 bridgehead atoms. The molecule has 2 aromatic rings. The van der Waals surface area contributed by atoms with Crippen LogP contribution in [0.25, 0.3) is 0 Å². The van der Waals surface area contributed by atoms with Gasteiger partial charge in [-0.25, -0.2) is 0 Å². The van der Waals surface area contributed by atoms with Crippen molar-refractivity contribution in [3.63, 3.8) is 0 Å². The van der Waals surface area contributed by atoms with Gasteiger partial charge >= 0.3 is 0 Å². The standard InChI is InChI=1S/C19H21NO3S/c1-22-18-6-7-19-17(10-18)12-20(8-9-24-19)11-15-4-2-3-5-16(15)13-23-14-21/h2-7,10,14H,8-9,11-13H2,1H3. The molecule has 0 saturated carbocycles. The van der Waals surface area contributed by atoms with Crippen LogP contribution in [0.4, 0.5) is 0 Å². The van der Waals surface area contributed by atoms with Crippen LogP contribution >= 0.6 is 11.8 Å². The first-order valence-corrected chi connectivity index (χ1v) is 8.93. The van der Waals surface area contributed by atoms with E-state index in [0.717, 1.165) is 36.7 Å². The van der Waals surface area contributed by atoms with Crippen LogP contribution < -0.4 is 4.74 Å². The summed E-state index contributed by atoms with van der Waals surface area (Å²) in [5, 5.41) is 0. The predicted molar refractivity (Wildman–Crippen MR) is 95.1 cm³/mol. The van der Waals surface area contributed by atoms with Crippen molar-refractivity contribution >= 4 is 18.2 Å². The largest absolute Gasteiger partial charge is 0.497 e. The summed E-state index contributed by atoms with van der Waals surface area (Å²) in [4.78, 5) is 14.2. The Hall–Kier alpha value is -1.98. The molecule has 0 aliphatic carbocycles. The highest BCUT2D eigenvalue weighted by atomic mass is 32.2. The minimum absolute atomic E-state index is 0.326. The molecule has 24 heavy (non-hydrogen) atoms. The summed E-state index contributed by atoms with van der Waals surface area (Å²) in [6.07, 6.45) is 0. The van der Waals surface area contributed by atoms with Crippen molar-refractivity contribution in [1.82, 2.24) is 4.90 Å². The van der Waals surface area contributed by atoms with Gasteiger partial charge in [-0.2, -0.15) is 0 Å². The number of carbonyl (C=O) groups is 1. The van der Waals surface area contributed by atoms with Crippen molar-refractivity contribution in [3.8, 4) is 5.75 Å². The fourth-order valence-electron chi connectivity index (χ4n) is 2.90. The van der Waals surface area contributed by atoms with E-state index < -0.39 is 0 Å². The Morgan fingerprint density at radius 3 is 2.83 bits per heavy atom. The second-order valence-corrected chi connectivity index (χ2v) is 6.85. The first-order chi connectivity index (χ1) is 11.8. The van der Waals surface area contributed by atoms with Gasteiger partial charge in [-0.1, -0.05) is 24.3 Å². The Bertz CT molecular complexity index is 705. The monoisotopic (exact) mass is 343 g/mol. The van der Waals surface area contributed by atoms with Gasteiger partial charge in [-0.3, -0.25) is 9.69 Å². The maximum atomic E-state index is 10.5. The zero-order chi connectivity index (χ0) is 16.8. The Kier molecular flexibility index (Phi) is 5.77. The maximum Gasteiger partial charge on any atom is 0.293 e. The van der Waals surface area contributed by atoms with Crippen LogP contribution in [0.15, 0.2) is 47.4 Å². The normalized spacial score (nSPS) is 14.5. The van der Waals surface area contributed by atoms with E-state index >= 15 is 0 Å². The molecular formula is C19H21NO3S. The van der Waals surface area contributed by atoms with Crippen molar-refractivity contribution in [3.05, 3.63) is 59.2 Å². The lowest BCUT2D eigenvalue weighted by Crippen LogP contribution is -2.24. The van der Waals surface area contributed by atoms with E-state index in [0.29, 0.717) is 13.1 Å². The molecule has 1 aliphatic rings. The van der Waals surface area contributed by atoms with E-state index in [9.17, 15) is 4.79 Å². The summed E-state index contributed by atoms with van der Waals surface area (Å²) in [7, 11) is 1.70. The molecule has 2 aromatic carbocycles. The van der Waals surface area contributed by atoms with Gasteiger partial charge in [0.1, 0.15) is 12.4 Å². The van der Waals surface area contributed by atoms with Crippen molar-refractivity contribution < 1.29 is 14.3 Å². The third-order valence-corrected chi connectivity index (χ3v) is 5.24. The third kappa shape index (κ3) is 4.10. The summed E-state index contributed by atoms with van der Waals surface area (Å²) in [5.41, 5.74) is 3.57. The summed E-state index contributed by atoms with van der Waals surface area (Å²) in [6.45, 7) is 3.58. The molecule has 5 heteroatoms. The van der Waals surface area contributed by atoms with Gasteiger partial charge in [0, 0.05) is 30.3 Å². The SMILES string of the molecule is COc1ccc2c(c1)CN(Cc1ccccc1COC=O)CCS2. The smallest absolute Gasteiger partial charge is 0.293 e. The average molecular weight is 343 g/mol. The number of nitrogens with zero attached hydrogens (tertiary/aromatic N) is 1. The molecule has 0 N–H and O–H groups in total. The van der Waals surface area contributed by atoms with Gasteiger partial charge in [0.2, 0.25) is 0 Å². The highest BCUT2D eigenvalue weighted by molar-refractivity contribution is 7.99. The zero-order valence-corrected chi connectivity index (χ0v) is 14.6. The molecule has 0 radical (unpaired) electrons. The van der Waals surface area contributed by atoms with Gasteiger partial charge in [-0.15, -0.1) is 11.8 Å². The Balaban J connectivity index is 1.77. The van der Waals surface area contributed by atoms with Crippen molar-refractivity contribution in [1.29, 1.82) is 0 Å². The lowest BCUT2D eigenvalue weighted by molar-refractivity contribution is -0.129. The van der Waals surface area contributed by atoms with Crippen molar-refractivity contribution in [2.24, 2.45) is 0 Å². The van der Waals surface area contributed by atoms with Crippen LogP contribution in [0, 0.1) is 0 Å². The zero-order valence-electron chi connectivity index (χ0n) is 13.7. The van der Waals surface area contributed by atoms with E-state index in [4.69, 9.17) is 9.47 Å². The van der Waals surface area contributed by atoms with Crippen LogP contribution in [-0.2, 0) is 29.2 Å². The van der Waals surface area contributed by atoms with Crippen LogP contribution in [-0.4, -0.2) is 30.8 Å². The summed E-state index contributed by atoms with van der Waals surface area (Å²) < 4.78 is 10.3. The van der Waals surface area contributed by atoms with E-state index in [1.165, 1.54) is 16.0 Å². The predicted octanol–water partition coefficient (Wildman–Crippen LogP) is 3.48. The number of benzene rings is 2. The van der Waals surface area contributed by atoms with Gasteiger partial charge in [-0.05, 0) is 34.9 Å². The third-order valence-electron chi connectivity index (χ3n) is 4.15. The molecule has 126 valence electrons. The molecule has 1 heterocycles. The molecule has 0 spiro atoms. The molecule has 3 rings (SSSR count). The highest BCUT2D eigenvalue weighted by Gasteiger charge is 2.17. The number of fused-ring (bicyclic) bond motifs is 1. The Labute approximate surface area is 146 Å². The summed E-state index contributed by atoms with van der Waals surface area (Å²) in [5.74, 6) is 1.96. The second-order valence-electron chi connectivity index (χ2n) is 5.71. The van der Waals surface area contributed by atoms with Crippen LogP contribution in [0.2, 0.25) is 0 Å².